The molecule has 1 heterocycles. The number of hydrogen-bond donors (Lipinski definition) is 2. The van der Waals surface area contributed by atoms with Gasteiger partial charge in [-0.2, -0.15) is 0 Å². The van der Waals surface area contributed by atoms with Crippen molar-refractivity contribution in [2.45, 2.75) is 32.7 Å². The summed E-state index contributed by atoms with van der Waals surface area (Å²) in [7, 11) is 2.14. The molecule has 0 aromatic heterocycles. The Kier molecular flexibility index (Phi) is 5.23. The molecule has 0 spiro atoms. The Morgan fingerprint density at radius 1 is 0.962 bits per heavy atom. The molecule has 1 aromatic rings. The monoisotopic (exact) mass is 358 g/mol. The van der Waals surface area contributed by atoms with Crippen LogP contribution in [0.25, 0.3) is 0 Å². The van der Waals surface area contributed by atoms with Gasteiger partial charge in [-0.05, 0) is 58.5 Å². The van der Waals surface area contributed by atoms with Gasteiger partial charge in [0, 0.05) is 43.1 Å². The first-order chi connectivity index (χ1) is 12.2. The highest BCUT2D eigenvalue weighted by Crippen LogP contribution is 2.40. The molecule has 0 radical (unpaired) electrons. The molecule has 0 bridgehead atoms. The maximum atomic E-state index is 12.4. The number of rotatable bonds is 4. The van der Waals surface area contributed by atoms with Crippen LogP contribution in [0.15, 0.2) is 24.3 Å². The number of amides is 2. The molecule has 1 aromatic carbocycles. The van der Waals surface area contributed by atoms with E-state index in [9.17, 15) is 9.59 Å². The van der Waals surface area contributed by atoms with Crippen molar-refractivity contribution >= 4 is 23.2 Å². The van der Waals surface area contributed by atoms with Gasteiger partial charge in [-0.25, -0.2) is 0 Å². The zero-order chi connectivity index (χ0) is 18.9. The van der Waals surface area contributed by atoms with E-state index in [-0.39, 0.29) is 29.2 Å². The quantitative estimate of drug-likeness (QED) is 0.863. The number of benzene rings is 1. The lowest BCUT2D eigenvalue weighted by Gasteiger charge is -2.34. The minimum absolute atomic E-state index is 0.0249. The molecule has 2 amide bonds. The van der Waals surface area contributed by atoms with Crippen molar-refractivity contribution in [1.29, 1.82) is 0 Å². The number of carbonyl (C=O) groups excluding carboxylic acids is 2. The lowest BCUT2D eigenvalue weighted by molar-refractivity contribution is -0.126. The third kappa shape index (κ3) is 4.75. The van der Waals surface area contributed by atoms with Gasteiger partial charge in [-0.15, -0.1) is 0 Å². The zero-order valence-electron chi connectivity index (χ0n) is 16.2. The predicted octanol–water partition coefficient (Wildman–Crippen LogP) is 1.93. The summed E-state index contributed by atoms with van der Waals surface area (Å²) < 4.78 is 0. The van der Waals surface area contributed by atoms with E-state index >= 15 is 0 Å². The van der Waals surface area contributed by atoms with E-state index < -0.39 is 0 Å². The van der Waals surface area contributed by atoms with Crippen LogP contribution >= 0.6 is 0 Å². The molecule has 142 valence electrons. The number of nitrogens with one attached hydrogen (secondary N) is 2. The van der Waals surface area contributed by atoms with Crippen LogP contribution in [0, 0.1) is 11.8 Å². The van der Waals surface area contributed by atoms with E-state index in [1.165, 1.54) is 5.69 Å². The second kappa shape index (κ2) is 7.27. The van der Waals surface area contributed by atoms with Crippen LogP contribution in [0.3, 0.4) is 0 Å². The summed E-state index contributed by atoms with van der Waals surface area (Å²) in [6, 6.07) is 7.99. The van der Waals surface area contributed by atoms with E-state index in [1.807, 2.05) is 32.9 Å². The van der Waals surface area contributed by atoms with E-state index in [4.69, 9.17) is 0 Å². The fourth-order valence-electron chi connectivity index (χ4n) is 3.29. The summed E-state index contributed by atoms with van der Waals surface area (Å²) >= 11 is 0. The number of likely N-dealkylation sites (N-methyl/N-ethyl adjacent to an activating group) is 1. The maximum Gasteiger partial charge on any atom is 0.228 e. The third-order valence-electron chi connectivity index (χ3n) is 4.97. The Labute approximate surface area is 155 Å². The van der Waals surface area contributed by atoms with Crippen molar-refractivity contribution < 1.29 is 9.59 Å². The van der Waals surface area contributed by atoms with Crippen molar-refractivity contribution in [3.8, 4) is 0 Å². The van der Waals surface area contributed by atoms with Crippen LogP contribution in [0.2, 0.25) is 0 Å². The van der Waals surface area contributed by atoms with Crippen LogP contribution < -0.4 is 15.5 Å². The molecule has 2 unspecified atom stereocenters. The maximum absolute atomic E-state index is 12.4. The number of carbonyl (C=O) groups is 2. The molecule has 26 heavy (non-hydrogen) atoms. The minimum atomic E-state index is -0.264. The molecule has 6 heteroatoms. The molecule has 1 saturated carbocycles. The van der Waals surface area contributed by atoms with Crippen molar-refractivity contribution in [3.63, 3.8) is 0 Å². The topological polar surface area (TPSA) is 64.7 Å². The third-order valence-corrected chi connectivity index (χ3v) is 4.97. The Bertz CT molecular complexity index is 657. The van der Waals surface area contributed by atoms with Gasteiger partial charge in [0.05, 0.1) is 11.8 Å². The Hall–Kier alpha value is -2.08. The van der Waals surface area contributed by atoms with E-state index in [0.29, 0.717) is 6.42 Å². The number of hydrogen-bond acceptors (Lipinski definition) is 4. The molecule has 2 N–H and O–H groups in total. The fraction of sp³-hybridized carbons (Fsp3) is 0.600. The van der Waals surface area contributed by atoms with Gasteiger partial charge in [0.1, 0.15) is 0 Å². The summed E-state index contributed by atoms with van der Waals surface area (Å²) in [6.45, 7) is 10.0. The number of piperazine rings is 1. The second-order valence-corrected chi connectivity index (χ2v) is 8.51. The molecular formula is C20H30N4O2. The lowest BCUT2D eigenvalue weighted by Crippen LogP contribution is -2.44. The zero-order valence-corrected chi connectivity index (χ0v) is 16.2. The van der Waals surface area contributed by atoms with Crippen molar-refractivity contribution in [2.24, 2.45) is 11.8 Å². The molecule has 1 saturated heterocycles. The molecular weight excluding hydrogens is 328 g/mol. The predicted molar refractivity (Wildman–Crippen MR) is 104 cm³/mol. The Morgan fingerprint density at radius 3 is 2.12 bits per heavy atom. The average Bonchev–Trinajstić information content (AvgIpc) is 3.36. The van der Waals surface area contributed by atoms with Gasteiger partial charge in [-0.3, -0.25) is 9.59 Å². The fourth-order valence-corrected chi connectivity index (χ4v) is 3.29. The van der Waals surface area contributed by atoms with Gasteiger partial charge in [0.15, 0.2) is 0 Å². The van der Waals surface area contributed by atoms with Crippen molar-refractivity contribution in [3.05, 3.63) is 24.3 Å². The summed E-state index contributed by atoms with van der Waals surface area (Å²) in [4.78, 5) is 29.2. The van der Waals surface area contributed by atoms with E-state index in [1.54, 1.807) is 0 Å². The van der Waals surface area contributed by atoms with E-state index in [0.717, 1.165) is 31.9 Å². The van der Waals surface area contributed by atoms with Gasteiger partial charge in [0.25, 0.3) is 0 Å². The average molecular weight is 358 g/mol. The van der Waals surface area contributed by atoms with Crippen LogP contribution in [0.5, 0.6) is 0 Å². The molecule has 6 nitrogen and oxygen atoms in total. The highest BCUT2D eigenvalue weighted by Gasteiger charge is 2.48. The van der Waals surface area contributed by atoms with Crippen LogP contribution in [0.1, 0.15) is 27.2 Å². The van der Waals surface area contributed by atoms with E-state index in [2.05, 4.69) is 39.6 Å². The molecule has 1 aliphatic heterocycles. The second-order valence-electron chi connectivity index (χ2n) is 8.51. The summed E-state index contributed by atoms with van der Waals surface area (Å²) in [6.07, 6.45) is 0.632. The van der Waals surface area contributed by atoms with Crippen LogP contribution in [-0.2, 0) is 9.59 Å². The first-order valence-corrected chi connectivity index (χ1v) is 9.39. The first kappa shape index (κ1) is 18.7. The van der Waals surface area contributed by atoms with Crippen LogP contribution in [-0.4, -0.2) is 55.5 Å². The highest BCUT2D eigenvalue weighted by molar-refractivity contribution is 5.99. The first-order valence-electron chi connectivity index (χ1n) is 9.39. The van der Waals surface area contributed by atoms with Gasteiger partial charge in [-0.1, -0.05) is 0 Å². The smallest absolute Gasteiger partial charge is 0.228 e. The number of nitrogens with zero attached hydrogens (tertiary/aromatic N) is 2. The van der Waals surface area contributed by atoms with Crippen molar-refractivity contribution in [2.75, 3.05) is 43.4 Å². The molecule has 2 atom stereocenters. The summed E-state index contributed by atoms with van der Waals surface area (Å²) in [5.74, 6) is -0.497. The van der Waals surface area contributed by atoms with Gasteiger partial charge in [0.2, 0.25) is 11.8 Å². The van der Waals surface area contributed by atoms with Crippen molar-refractivity contribution in [1.82, 2.24) is 10.2 Å². The Morgan fingerprint density at radius 2 is 1.54 bits per heavy atom. The normalized spacial score (nSPS) is 23.5. The molecule has 3 rings (SSSR count). The summed E-state index contributed by atoms with van der Waals surface area (Å²) in [5, 5.41) is 5.89. The molecule has 1 aliphatic carbocycles. The Balaban J connectivity index is 1.50. The standard InChI is InChI=1S/C20H30N4O2/c1-20(2,3)22-19(26)17-13-16(17)18(25)21-14-5-7-15(8-6-14)24-11-9-23(4)10-12-24/h5-8,16-17H,9-13H2,1-4H3,(H,21,25)(H,22,26). The van der Waals surface area contributed by atoms with Gasteiger partial charge >= 0.3 is 0 Å². The lowest BCUT2D eigenvalue weighted by atomic mass is 10.1. The largest absolute Gasteiger partial charge is 0.369 e. The SMILES string of the molecule is CN1CCN(c2ccc(NC(=O)C3CC3C(=O)NC(C)(C)C)cc2)CC1. The van der Waals surface area contributed by atoms with Gasteiger partial charge < -0.3 is 20.4 Å². The minimum Gasteiger partial charge on any atom is -0.369 e. The molecule has 2 aliphatic rings. The van der Waals surface area contributed by atoms with Crippen LogP contribution in [0.4, 0.5) is 11.4 Å². The molecule has 2 fully saturated rings. The summed E-state index contributed by atoms with van der Waals surface area (Å²) in [5.41, 5.74) is 1.71. The number of anilines is 2. The highest BCUT2D eigenvalue weighted by atomic mass is 16.2.